The summed E-state index contributed by atoms with van der Waals surface area (Å²) in [6.07, 6.45) is 0. The van der Waals surface area contributed by atoms with Crippen molar-refractivity contribution in [2.24, 2.45) is 0 Å². The Morgan fingerprint density at radius 3 is 2.90 bits per heavy atom. The van der Waals surface area contributed by atoms with E-state index in [1.807, 2.05) is 6.92 Å². The molecular weight excluding hydrogens is 262 g/mol. The second-order valence-electron chi connectivity index (χ2n) is 4.63. The average molecular weight is 279 g/mol. The monoisotopic (exact) mass is 279 g/mol. The van der Waals surface area contributed by atoms with Crippen molar-refractivity contribution in [2.45, 2.75) is 13.0 Å². The number of amides is 1. The molecule has 0 saturated carbocycles. The standard InChI is InChI=1S/C13H17N3O4/c1-9-8-20-7-6-15(9)13(17)10-4-3-5-11(14-2)12(10)16(18)19/h3-5,9,14H,6-8H2,1-2H3. The third kappa shape index (κ3) is 2.57. The van der Waals surface area contributed by atoms with E-state index in [0.29, 0.717) is 25.4 Å². The fourth-order valence-corrected chi connectivity index (χ4v) is 2.30. The second-order valence-corrected chi connectivity index (χ2v) is 4.63. The number of hydrogen-bond acceptors (Lipinski definition) is 5. The van der Waals surface area contributed by atoms with E-state index >= 15 is 0 Å². The average Bonchev–Trinajstić information content (AvgIpc) is 2.46. The lowest BCUT2D eigenvalue weighted by molar-refractivity contribution is -0.384. The molecule has 7 nitrogen and oxygen atoms in total. The molecule has 1 heterocycles. The molecule has 0 aromatic heterocycles. The normalized spacial score (nSPS) is 18.7. The van der Waals surface area contributed by atoms with E-state index < -0.39 is 4.92 Å². The zero-order valence-electron chi connectivity index (χ0n) is 11.5. The van der Waals surface area contributed by atoms with Gasteiger partial charge in [0.25, 0.3) is 5.91 Å². The largest absolute Gasteiger partial charge is 0.383 e. The number of nitro groups is 1. The zero-order valence-corrected chi connectivity index (χ0v) is 11.5. The molecule has 108 valence electrons. The van der Waals surface area contributed by atoms with Gasteiger partial charge in [0.2, 0.25) is 0 Å². The van der Waals surface area contributed by atoms with Crippen LogP contribution in [0.4, 0.5) is 11.4 Å². The molecule has 1 aliphatic heterocycles. The van der Waals surface area contributed by atoms with Gasteiger partial charge >= 0.3 is 5.69 Å². The number of morpholine rings is 1. The van der Waals surface area contributed by atoms with Crippen LogP contribution in [0.2, 0.25) is 0 Å². The van der Waals surface area contributed by atoms with Gasteiger partial charge in [0, 0.05) is 13.6 Å². The van der Waals surface area contributed by atoms with Crippen molar-refractivity contribution in [2.75, 3.05) is 32.1 Å². The fraction of sp³-hybridized carbons (Fsp3) is 0.462. The highest BCUT2D eigenvalue weighted by molar-refractivity contribution is 6.00. The Labute approximate surface area is 116 Å². The fourth-order valence-electron chi connectivity index (χ4n) is 2.30. The van der Waals surface area contributed by atoms with E-state index in [1.165, 1.54) is 6.07 Å². The molecule has 1 N–H and O–H groups in total. The van der Waals surface area contributed by atoms with Crippen LogP contribution in [0.25, 0.3) is 0 Å². The van der Waals surface area contributed by atoms with Crippen molar-refractivity contribution in [1.29, 1.82) is 0 Å². The maximum atomic E-state index is 12.5. The molecule has 0 aliphatic carbocycles. The van der Waals surface area contributed by atoms with E-state index in [4.69, 9.17) is 4.74 Å². The Kier molecular flexibility index (Phi) is 4.19. The second kappa shape index (κ2) is 5.87. The number of carbonyl (C=O) groups is 1. The zero-order chi connectivity index (χ0) is 14.7. The molecular formula is C13H17N3O4. The minimum Gasteiger partial charge on any atom is -0.383 e. The Bertz CT molecular complexity index is 532. The number of para-hydroxylation sites is 1. The van der Waals surface area contributed by atoms with Crippen LogP contribution in [0.15, 0.2) is 18.2 Å². The van der Waals surface area contributed by atoms with Crippen molar-refractivity contribution in [3.63, 3.8) is 0 Å². The van der Waals surface area contributed by atoms with Gasteiger partial charge in [0.1, 0.15) is 11.3 Å². The van der Waals surface area contributed by atoms with Crippen LogP contribution < -0.4 is 5.32 Å². The van der Waals surface area contributed by atoms with E-state index in [1.54, 1.807) is 24.1 Å². The predicted octanol–water partition coefficient (Wildman–Crippen LogP) is 1.50. The van der Waals surface area contributed by atoms with E-state index in [-0.39, 0.29) is 23.2 Å². The van der Waals surface area contributed by atoms with Crippen LogP contribution in [0.5, 0.6) is 0 Å². The lowest BCUT2D eigenvalue weighted by Crippen LogP contribution is -2.47. The highest BCUT2D eigenvalue weighted by Crippen LogP contribution is 2.29. The topological polar surface area (TPSA) is 84.7 Å². The number of nitrogens with zero attached hydrogens (tertiary/aromatic N) is 2. The summed E-state index contributed by atoms with van der Waals surface area (Å²) >= 11 is 0. The summed E-state index contributed by atoms with van der Waals surface area (Å²) < 4.78 is 5.28. The van der Waals surface area contributed by atoms with Gasteiger partial charge in [0.15, 0.2) is 0 Å². The molecule has 1 aromatic rings. The summed E-state index contributed by atoms with van der Waals surface area (Å²) in [5.74, 6) is -0.329. The molecule has 1 aromatic carbocycles. The summed E-state index contributed by atoms with van der Waals surface area (Å²) in [5, 5.41) is 14.0. The van der Waals surface area contributed by atoms with Gasteiger partial charge in [-0.2, -0.15) is 0 Å². The van der Waals surface area contributed by atoms with Crippen LogP contribution in [0.1, 0.15) is 17.3 Å². The lowest BCUT2D eigenvalue weighted by Gasteiger charge is -2.33. The number of hydrogen-bond donors (Lipinski definition) is 1. The maximum Gasteiger partial charge on any atom is 0.305 e. The Balaban J connectivity index is 2.41. The van der Waals surface area contributed by atoms with Crippen molar-refractivity contribution in [1.82, 2.24) is 4.90 Å². The van der Waals surface area contributed by atoms with Crippen LogP contribution >= 0.6 is 0 Å². The Hall–Kier alpha value is -2.15. The van der Waals surface area contributed by atoms with Crippen molar-refractivity contribution >= 4 is 17.3 Å². The van der Waals surface area contributed by atoms with Crippen LogP contribution in [-0.4, -0.2) is 48.6 Å². The first-order valence-corrected chi connectivity index (χ1v) is 6.40. The molecule has 1 unspecified atom stereocenters. The van der Waals surface area contributed by atoms with Crippen molar-refractivity contribution in [3.05, 3.63) is 33.9 Å². The Morgan fingerprint density at radius 1 is 1.55 bits per heavy atom. The maximum absolute atomic E-state index is 12.5. The van der Waals surface area contributed by atoms with Crippen molar-refractivity contribution in [3.8, 4) is 0 Å². The number of nitrogens with one attached hydrogen (secondary N) is 1. The number of ether oxygens (including phenoxy) is 1. The van der Waals surface area contributed by atoms with E-state index in [9.17, 15) is 14.9 Å². The van der Waals surface area contributed by atoms with Crippen molar-refractivity contribution < 1.29 is 14.5 Å². The molecule has 1 saturated heterocycles. The quantitative estimate of drug-likeness (QED) is 0.669. The van der Waals surface area contributed by atoms with Crippen LogP contribution in [0.3, 0.4) is 0 Å². The molecule has 7 heteroatoms. The highest BCUT2D eigenvalue weighted by Gasteiger charge is 2.31. The number of anilines is 1. The molecule has 0 radical (unpaired) electrons. The molecule has 1 fully saturated rings. The van der Waals surface area contributed by atoms with Gasteiger partial charge in [0.05, 0.1) is 24.2 Å². The third-order valence-electron chi connectivity index (χ3n) is 3.35. The number of rotatable bonds is 3. The summed E-state index contributed by atoms with van der Waals surface area (Å²) in [4.78, 5) is 24.9. The van der Waals surface area contributed by atoms with Gasteiger partial charge in [-0.25, -0.2) is 0 Å². The third-order valence-corrected chi connectivity index (χ3v) is 3.35. The molecule has 0 spiro atoms. The van der Waals surface area contributed by atoms with Gasteiger partial charge in [-0.05, 0) is 19.1 Å². The smallest absolute Gasteiger partial charge is 0.305 e. The number of carbonyl (C=O) groups excluding carboxylic acids is 1. The van der Waals surface area contributed by atoms with Gasteiger partial charge in [-0.3, -0.25) is 14.9 Å². The first kappa shape index (κ1) is 14.3. The minimum absolute atomic E-state index is 0.0888. The number of benzene rings is 1. The van der Waals surface area contributed by atoms with Crippen LogP contribution in [-0.2, 0) is 4.74 Å². The van der Waals surface area contributed by atoms with E-state index in [0.717, 1.165) is 0 Å². The summed E-state index contributed by atoms with van der Waals surface area (Å²) in [7, 11) is 1.59. The van der Waals surface area contributed by atoms with Gasteiger partial charge in [-0.1, -0.05) is 6.07 Å². The first-order valence-electron chi connectivity index (χ1n) is 6.40. The molecule has 2 rings (SSSR count). The molecule has 1 amide bonds. The predicted molar refractivity (Wildman–Crippen MR) is 74.0 cm³/mol. The summed E-state index contributed by atoms with van der Waals surface area (Å²) in [6, 6.07) is 4.62. The highest BCUT2D eigenvalue weighted by atomic mass is 16.6. The van der Waals surface area contributed by atoms with E-state index in [2.05, 4.69) is 5.32 Å². The van der Waals surface area contributed by atoms with Gasteiger partial charge < -0.3 is 15.0 Å². The minimum atomic E-state index is -0.524. The molecule has 1 atom stereocenters. The SMILES string of the molecule is CNc1cccc(C(=O)N2CCOCC2C)c1[N+](=O)[O-]. The lowest BCUT2D eigenvalue weighted by atomic mass is 10.1. The molecule has 1 aliphatic rings. The van der Waals surface area contributed by atoms with Crippen LogP contribution in [0, 0.1) is 10.1 Å². The first-order chi connectivity index (χ1) is 9.56. The summed E-state index contributed by atoms with van der Waals surface area (Å²) in [5.41, 5.74) is 0.260. The summed E-state index contributed by atoms with van der Waals surface area (Å²) in [6.45, 7) is 3.21. The molecule has 0 bridgehead atoms. The van der Waals surface area contributed by atoms with Gasteiger partial charge in [-0.15, -0.1) is 0 Å². The Morgan fingerprint density at radius 2 is 2.30 bits per heavy atom. The molecule has 20 heavy (non-hydrogen) atoms. The number of nitro benzene ring substituents is 1.